The molecule has 0 atom stereocenters. The molecular weight excluding hydrogens is 310 g/mol. The molecule has 1 aromatic heterocycles. The highest BCUT2D eigenvalue weighted by atomic mass is 16.1. The highest BCUT2D eigenvalue weighted by molar-refractivity contribution is 6.04. The van der Waals surface area contributed by atoms with E-state index in [2.05, 4.69) is 15.6 Å². The summed E-state index contributed by atoms with van der Waals surface area (Å²) in [6.45, 7) is 6.00. The number of para-hydroxylation sites is 1. The molecule has 2 aromatic carbocycles. The van der Waals surface area contributed by atoms with Gasteiger partial charge < -0.3 is 10.6 Å². The van der Waals surface area contributed by atoms with Crippen molar-refractivity contribution in [3.8, 4) is 0 Å². The van der Waals surface area contributed by atoms with E-state index >= 15 is 0 Å². The van der Waals surface area contributed by atoms with Crippen LogP contribution in [0.1, 0.15) is 27.2 Å². The van der Waals surface area contributed by atoms with Crippen molar-refractivity contribution in [2.45, 2.75) is 20.8 Å². The lowest BCUT2D eigenvalue weighted by molar-refractivity contribution is 0.102. The lowest BCUT2D eigenvalue weighted by atomic mass is 10.1. The Balaban J connectivity index is 1.78. The first kappa shape index (κ1) is 16.7. The Kier molecular flexibility index (Phi) is 4.80. The molecular formula is C21H21N3O. The summed E-state index contributed by atoms with van der Waals surface area (Å²) in [6, 6.07) is 17.6. The van der Waals surface area contributed by atoms with Gasteiger partial charge in [-0.05, 0) is 56.2 Å². The van der Waals surface area contributed by atoms with Gasteiger partial charge in [-0.15, -0.1) is 0 Å². The van der Waals surface area contributed by atoms with Gasteiger partial charge in [0.25, 0.3) is 5.91 Å². The third kappa shape index (κ3) is 4.04. The number of hydrogen-bond donors (Lipinski definition) is 2. The largest absolute Gasteiger partial charge is 0.355 e. The third-order valence-electron chi connectivity index (χ3n) is 4.05. The van der Waals surface area contributed by atoms with Gasteiger partial charge in [-0.25, -0.2) is 0 Å². The summed E-state index contributed by atoms with van der Waals surface area (Å²) in [5.41, 5.74) is 6.27. The molecule has 3 aromatic rings. The van der Waals surface area contributed by atoms with Crippen LogP contribution >= 0.6 is 0 Å². The zero-order valence-electron chi connectivity index (χ0n) is 14.6. The van der Waals surface area contributed by atoms with E-state index in [1.165, 1.54) is 5.56 Å². The normalized spacial score (nSPS) is 10.4. The maximum atomic E-state index is 12.6. The Labute approximate surface area is 147 Å². The van der Waals surface area contributed by atoms with Gasteiger partial charge in [0.2, 0.25) is 0 Å². The maximum Gasteiger partial charge on any atom is 0.274 e. The van der Waals surface area contributed by atoms with Crippen molar-refractivity contribution >= 4 is 23.0 Å². The molecule has 0 aliphatic rings. The summed E-state index contributed by atoms with van der Waals surface area (Å²) in [4.78, 5) is 16.8. The van der Waals surface area contributed by atoms with E-state index in [4.69, 9.17) is 0 Å². The zero-order valence-corrected chi connectivity index (χ0v) is 14.6. The Bertz CT molecular complexity index is 881. The van der Waals surface area contributed by atoms with Crippen LogP contribution in [0, 0.1) is 20.8 Å². The van der Waals surface area contributed by atoms with Crippen molar-refractivity contribution in [2.75, 3.05) is 10.6 Å². The van der Waals surface area contributed by atoms with Gasteiger partial charge in [0.05, 0.1) is 0 Å². The minimum absolute atomic E-state index is 0.218. The molecule has 4 nitrogen and oxygen atoms in total. The third-order valence-corrected chi connectivity index (χ3v) is 4.05. The maximum absolute atomic E-state index is 12.6. The molecule has 0 spiro atoms. The average Bonchev–Trinajstić information content (AvgIpc) is 2.60. The molecule has 0 bridgehead atoms. The van der Waals surface area contributed by atoms with Crippen LogP contribution in [0.5, 0.6) is 0 Å². The topological polar surface area (TPSA) is 54.0 Å². The number of benzene rings is 2. The van der Waals surface area contributed by atoms with E-state index in [0.29, 0.717) is 5.69 Å². The molecule has 0 aliphatic heterocycles. The lowest BCUT2D eigenvalue weighted by Crippen LogP contribution is -2.15. The first-order chi connectivity index (χ1) is 12.0. The lowest BCUT2D eigenvalue weighted by Gasteiger charge is -2.12. The minimum Gasteiger partial charge on any atom is -0.355 e. The fourth-order valence-corrected chi connectivity index (χ4v) is 2.63. The van der Waals surface area contributed by atoms with Crippen molar-refractivity contribution < 1.29 is 4.79 Å². The van der Waals surface area contributed by atoms with Crippen LogP contribution in [0.25, 0.3) is 0 Å². The zero-order chi connectivity index (χ0) is 17.8. The van der Waals surface area contributed by atoms with Gasteiger partial charge in [-0.2, -0.15) is 0 Å². The molecule has 3 rings (SSSR count). The Hall–Kier alpha value is -3.14. The van der Waals surface area contributed by atoms with Crippen molar-refractivity contribution in [1.82, 2.24) is 4.98 Å². The number of nitrogens with zero attached hydrogens (tertiary/aromatic N) is 1. The highest BCUT2D eigenvalue weighted by Gasteiger charge is 2.11. The number of hydrogen-bond acceptors (Lipinski definition) is 3. The molecule has 0 unspecified atom stereocenters. The fraction of sp³-hybridized carbons (Fsp3) is 0.143. The second-order valence-electron chi connectivity index (χ2n) is 6.14. The number of amides is 1. The van der Waals surface area contributed by atoms with Crippen LogP contribution in [0.3, 0.4) is 0 Å². The molecule has 4 heteroatoms. The summed E-state index contributed by atoms with van der Waals surface area (Å²) >= 11 is 0. The van der Waals surface area contributed by atoms with E-state index in [-0.39, 0.29) is 5.91 Å². The smallest absolute Gasteiger partial charge is 0.274 e. The van der Waals surface area contributed by atoms with Crippen molar-refractivity contribution in [1.29, 1.82) is 0 Å². The second-order valence-corrected chi connectivity index (χ2v) is 6.14. The summed E-state index contributed by atoms with van der Waals surface area (Å²) in [6.07, 6.45) is 1.64. The summed E-state index contributed by atoms with van der Waals surface area (Å²) in [7, 11) is 0. The molecule has 0 saturated carbocycles. The van der Waals surface area contributed by atoms with E-state index in [1.807, 2.05) is 69.3 Å². The van der Waals surface area contributed by atoms with Crippen molar-refractivity contribution in [3.63, 3.8) is 0 Å². The van der Waals surface area contributed by atoms with Gasteiger partial charge >= 0.3 is 0 Å². The Morgan fingerprint density at radius 3 is 2.24 bits per heavy atom. The number of rotatable bonds is 4. The van der Waals surface area contributed by atoms with Crippen LogP contribution in [0.4, 0.5) is 17.1 Å². The Morgan fingerprint density at radius 2 is 1.56 bits per heavy atom. The van der Waals surface area contributed by atoms with E-state index in [1.54, 1.807) is 12.3 Å². The van der Waals surface area contributed by atoms with E-state index < -0.39 is 0 Å². The molecule has 25 heavy (non-hydrogen) atoms. The van der Waals surface area contributed by atoms with Crippen LogP contribution in [0.15, 0.2) is 60.8 Å². The number of anilines is 3. The minimum atomic E-state index is -0.218. The number of aromatic nitrogens is 1. The Morgan fingerprint density at radius 1 is 0.880 bits per heavy atom. The standard InChI is InChI=1S/C21H21N3O/c1-14-7-9-17(10-8-14)23-18-11-12-22-19(13-18)21(25)24-20-15(2)5-4-6-16(20)3/h4-13H,1-3H3,(H,22,23)(H,24,25). The van der Waals surface area contributed by atoms with Gasteiger partial charge in [-0.3, -0.25) is 9.78 Å². The highest BCUT2D eigenvalue weighted by Crippen LogP contribution is 2.21. The molecule has 0 radical (unpaired) electrons. The van der Waals surface area contributed by atoms with Crippen LogP contribution < -0.4 is 10.6 Å². The quantitative estimate of drug-likeness (QED) is 0.707. The molecule has 126 valence electrons. The summed E-state index contributed by atoms with van der Waals surface area (Å²) < 4.78 is 0. The van der Waals surface area contributed by atoms with E-state index in [9.17, 15) is 4.79 Å². The second kappa shape index (κ2) is 7.18. The van der Waals surface area contributed by atoms with Crippen LogP contribution in [-0.2, 0) is 0 Å². The number of aryl methyl sites for hydroxylation is 3. The molecule has 2 N–H and O–H groups in total. The van der Waals surface area contributed by atoms with Crippen LogP contribution in [-0.4, -0.2) is 10.9 Å². The number of carbonyl (C=O) groups excluding carboxylic acids is 1. The predicted molar refractivity (Wildman–Crippen MR) is 103 cm³/mol. The van der Waals surface area contributed by atoms with Crippen molar-refractivity contribution in [3.05, 3.63) is 83.2 Å². The molecule has 1 heterocycles. The monoisotopic (exact) mass is 331 g/mol. The van der Waals surface area contributed by atoms with Crippen molar-refractivity contribution in [2.24, 2.45) is 0 Å². The summed E-state index contributed by atoms with van der Waals surface area (Å²) in [5.74, 6) is -0.218. The summed E-state index contributed by atoms with van der Waals surface area (Å²) in [5, 5.41) is 6.26. The molecule has 0 aliphatic carbocycles. The van der Waals surface area contributed by atoms with Crippen LogP contribution in [0.2, 0.25) is 0 Å². The molecule has 1 amide bonds. The van der Waals surface area contributed by atoms with Gasteiger partial charge in [0, 0.05) is 23.3 Å². The number of pyridine rings is 1. The molecule has 0 fully saturated rings. The van der Waals surface area contributed by atoms with Gasteiger partial charge in [-0.1, -0.05) is 35.9 Å². The first-order valence-electron chi connectivity index (χ1n) is 8.20. The van der Waals surface area contributed by atoms with Gasteiger partial charge in [0.1, 0.15) is 5.69 Å². The molecule has 0 saturated heterocycles. The van der Waals surface area contributed by atoms with E-state index in [0.717, 1.165) is 28.2 Å². The van der Waals surface area contributed by atoms with Gasteiger partial charge in [0.15, 0.2) is 0 Å². The first-order valence-corrected chi connectivity index (χ1v) is 8.20. The number of carbonyl (C=O) groups is 1. The number of nitrogens with one attached hydrogen (secondary N) is 2. The average molecular weight is 331 g/mol. The predicted octanol–water partition coefficient (Wildman–Crippen LogP) is 5.00. The fourth-order valence-electron chi connectivity index (χ4n) is 2.63. The SMILES string of the molecule is Cc1ccc(Nc2ccnc(C(=O)Nc3c(C)cccc3C)c2)cc1.